The summed E-state index contributed by atoms with van der Waals surface area (Å²) in [4.78, 5) is 26.5. The maximum atomic E-state index is 12.4. The lowest BCUT2D eigenvalue weighted by Gasteiger charge is -2.33. The van der Waals surface area contributed by atoms with Crippen molar-refractivity contribution in [3.8, 4) is 0 Å². The van der Waals surface area contributed by atoms with Crippen molar-refractivity contribution in [2.45, 2.75) is 38.3 Å². The van der Waals surface area contributed by atoms with Crippen molar-refractivity contribution in [2.24, 2.45) is 5.92 Å². The van der Waals surface area contributed by atoms with Crippen molar-refractivity contribution in [1.82, 2.24) is 15.5 Å². The first-order valence-corrected chi connectivity index (χ1v) is 8.58. The summed E-state index contributed by atoms with van der Waals surface area (Å²) in [6.45, 7) is 2.90. The minimum Gasteiger partial charge on any atom is -0.352 e. The Balaban J connectivity index is 1.43. The Morgan fingerprint density at radius 2 is 1.87 bits per heavy atom. The number of likely N-dealkylation sites (tertiary alicyclic amines) is 1. The van der Waals surface area contributed by atoms with Gasteiger partial charge in [0.25, 0.3) is 0 Å². The van der Waals surface area contributed by atoms with Crippen LogP contribution in [0.4, 0.5) is 0 Å². The highest BCUT2D eigenvalue weighted by molar-refractivity contribution is 5.83. The average molecular weight is 315 g/mol. The van der Waals surface area contributed by atoms with E-state index in [0.717, 1.165) is 37.8 Å². The lowest BCUT2D eigenvalue weighted by atomic mass is 9.95. The molecule has 1 aromatic rings. The summed E-state index contributed by atoms with van der Waals surface area (Å²) < 4.78 is 0. The lowest BCUT2D eigenvalue weighted by Crippen LogP contribution is -2.48. The molecule has 5 nitrogen and oxygen atoms in total. The van der Waals surface area contributed by atoms with Gasteiger partial charge in [-0.25, -0.2) is 0 Å². The van der Waals surface area contributed by atoms with E-state index in [2.05, 4.69) is 10.6 Å². The smallest absolute Gasteiger partial charge is 0.239 e. The summed E-state index contributed by atoms with van der Waals surface area (Å²) >= 11 is 0. The number of hydrogen-bond donors (Lipinski definition) is 2. The molecule has 0 saturated carbocycles. The van der Waals surface area contributed by atoms with Gasteiger partial charge in [-0.15, -0.1) is 0 Å². The first-order chi connectivity index (χ1) is 11.2. The Kier molecular flexibility index (Phi) is 5.28. The number of carbonyl (C=O) groups excluding carboxylic acids is 2. The average Bonchev–Trinajstić information content (AvgIpc) is 3.15. The van der Waals surface area contributed by atoms with Crippen LogP contribution in [-0.4, -0.2) is 42.4 Å². The molecule has 23 heavy (non-hydrogen) atoms. The maximum absolute atomic E-state index is 12.4. The van der Waals surface area contributed by atoms with Gasteiger partial charge in [-0.2, -0.15) is 0 Å². The van der Waals surface area contributed by atoms with E-state index < -0.39 is 0 Å². The molecule has 2 saturated heterocycles. The van der Waals surface area contributed by atoms with Gasteiger partial charge in [0.1, 0.15) is 0 Å². The molecule has 2 amide bonds. The second kappa shape index (κ2) is 7.59. The van der Waals surface area contributed by atoms with E-state index in [9.17, 15) is 9.59 Å². The van der Waals surface area contributed by atoms with Gasteiger partial charge < -0.3 is 15.5 Å². The summed E-state index contributed by atoms with van der Waals surface area (Å²) in [5, 5.41) is 6.27. The molecule has 2 fully saturated rings. The quantitative estimate of drug-likeness (QED) is 0.880. The Morgan fingerprint density at radius 3 is 2.52 bits per heavy atom. The minimum atomic E-state index is -0.00143. The van der Waals surface area contributed by atoms with Crippen LogP contribution < -0.4 is 10.6 Å². The third-order valence-corrected chi connectivity index (χ3v) is 4.85. The fourth-order valence-corrected chi connectivity index (χ4v) is 3.41. The van der Waals surface area contributed by atoms with Crippen LogP contribution in [0, 0.1) is 5.92 Å². The van der Waals surface area contributed by atoms with Crippen LogP contribution in [0.1, 0.15) is 31.2 Å². The fourth-order valence-electron chi connectivity index (χ4n) is 3.41. The monoisotopic (exact) mass is 315 g/mol. The first-order valence-electron chi connectivity index (χ1n) is 8.58. The molecular weight excluding hydrogens is 290 g/mol. The molecule has 0 aliphatic carbocycles. The van der Waals surface area contributed by atoms with Gasteiger partial charge in [-0.3, -0.25) is 9.59 Å². The summed E-state index contributed by atoms with van der Waals surface area (Å²) in [7, 11) is 0. The van der Waals surface area contributed by atoms with Gasteiger partial charge in [-0.05, 0) is 37.8 Å². The van der Waals surface area contributed by atoms with Crippen LogP contribution in [0.25, 0.3) is 0 Å². The first kappa shape index (κ1) is 16.0. The standard InChI is InChI=1S/C18H25N3O2/c22-17(20-13-14-5-2-1-3-6-14)15-8-11-21(12-9-15)18(23)16-7-4-10-19-16/h1-3,5-6,15-16,19H,4,7-13H2,(H,20,22). The Morgan fingerprint density at radius 1 is 1.13 bits per heavy atom. The molecule has 5 heteroatoms. The number of nitrogens with one attached hydrogen (secondary N) is 2. The summed E-state index contributed by atoms with van der Waals surface area (Å²) in [5.74, 6) is 0.352. The predicted octanol–water partition coefficient (Wildman–Crippen LogP) is 1.29. The topological polar surface area (TPSA) is 61.4 Å². The molecule has 1 aromatic carbocycles. The van der Waals surface area contributed by atoms with Gasteiger partial charge in [-0.1, -0.05) is 30.3 Å². The van der Waals surface area contributed by atoms with Crippen LogP contribution in [0.5, 0.6) is 0 Å². The largest absolute Gasteiger partial charge is 0.352 e. The SMILES string of the molecule is O=C(NCc1ccccc1)C1CCN(C(=O)C2CCCN2)CC1. The van der Waals surface area contributed by atoms with Crippen LogP contribution >= 0.6 is 0 Å². The number of rotatable bonds is 4. The van der Waals surface area contributed by atoms with Gasteiger partial charge in [0.15, 0.2) is 0 Å². The van der Waals surface area contributed by atoms with Crippen molar-refractivity contribution in [1.29, 1.82) is 0 Å². The summed E-state index contributed by atoms with van der Waals surface area (Å²) in [5.41, 5.74) is 1.11. The third-order valence-electron chi connectivity index (χ3n) is 4.85. The molecule has 2 aliphatic rings. The van der Waals surface area contributed by atoms with Gasteiger partial charge in [0.05, 0.1) is 6.04 Å². The number of hydrogen-bond acceptors (Lipinski definition) is 3. The minimum absolute atomic E-state index is 0.00143. The van der Waals surface area contributed by atoms with Gasteiger partial charge in [0.2, 0.25) is 11.8 Å². The second-order valence-electron chi connectivity index (χ2n) is 6.45. The van der Waals surface area contributed by atoms with Crippen molar-refractivity contribution in [3.05, 3.63) is 35.9 Å². The zero-order chi connectivity index (χ0) is 16.1. The van der Waals surface area contributed by atoms with Crippen LogP contribution in [0.2, 0.25) is 0 Å². The molecule has 1 unspecified atom stereocenters. The summed E-state index contributed by atoms with van der Waals surface area (Å²) in [6.07, 6.45) is 3.54. The molecule has 124 valence electrons. The molecule has 0 aromatic heterocycles. The third kappa shape index (κ3) is 4.10. The number of benzene rings is 1. The number of piperidine rings is 1. The summed E-state index contributed by atoms with van der Waals surface area (Å²) in [6, 6.07) is 9.94. The van der Waals surface area contributed by atoms with Gasteiger partial charge >= 0.3 is 0 Å². The highest BCUT2D eigenvalue weighted by Gasteiger charge is 2.31. The molecule has 2 aliphatic heterocycles. The zero-order valence-electron chi connectivity index (χ0n) is 13.5. The van der Waals surface area contributed by atoms with Crippen molar-refractivity contribution in [2.75, 3.05) is 19.6 Å². The van der Waals surface area contributed by atoms with E-state index in [1.54, 1.807) is 0 Å². The van der Waals surface area contributed by atoms with E-state index in [4.69, 9.17) is 0 Å². The highest BCUT2D eigenvalue weighted by atomic mass is 16.2. The van der Waals surface area contributed by atoms with Crippen LogP contribution in [0.3, 0.4) is 0 Å². The number of nitrogens with zero attached hydrogens (tertiary/aromatic N) is 1. The predicted molar refractivity (Wildman–Crippen MR) is 88.6 cm³/mol. The van der Waals surface area contributed by atoms with Crippen molar-refractivity contribution < 1.29 is 9.59 Å². The van der Waals surface area contributed by atoms with Crippen LogP contribution in [0.15, 0.2) is 30.3 Å². The molecule has 1 atom stereocenters. The van der Waals surface area contributed by atoms with E-state index in [0.29, 0.717) is 19.6 Å². The highest BCUT2D eigenvalue weighted by Crippen LogP contribution is 2.19. The molecule has 0 bridgehead atoms. The van der Waals surface area contributed by atoms with E-state index >= 15 is 0 Å². The molecule has 2 N–H and O–H groups in total. The van der Waals surface area contributed by atoms with Crippen molar-refractivity contribution >= 4 is 11.8 Å². The molecule has 0 radical (unpaired) electrons. The van der Waals surface area contributed by atoms with E-state index in [1.807, 2.05) is 35.2 Å². The Hall–Kier alpha value is -1.88. The fraction of sp³-hybridized carbons (Fsp3) is 0.556. The normalized spacial score (nSPS) is 22.1. The lowest BCUT2D eigenvalue weighted by molar-refractivity contribution is -0.137. The Bertz CT molecular complexity index is 532. The van der Waals surface area contributed by atoms with E-state index in [1.165, 1.54) is 0 Å². The number of amides is 2. The van der Waals surface area contributed by atoms with E-state index in [-0.39, 0.29) is 23.8 Å². The van der Waals surface area contributed by atoms with Crippen molar-refractivity contribution in [3.63, 3.8) is 0 Å². The molecular formula is C18H25N3O2. The Labute approximate surface area is 137 Å². The molecule has 0 spiro atoms. The molecule has 2 heterocycles. The second-order valence-corrected chi connectivity index (χ2v) is 6.45. The van der Waals surface area contributed by atoms with Crippen LogP contribution in [-0.2, 0) is 16.1 Å². The zero-order valence-corrected chi connectivity index (χ0v) is 13.5. The maximum Gasteiger partial charge on any atom is 0.239 e. The number of carbonyl (C=O) groups is 2. The molecule has 3 rings (SSSR count). The van der Waals surface area contributed by atoms with Gasteiger partial charge in [0, 0.05) is 25.6 Å².